The Morgan fingerprint density at radius 2 is 2.00 bits per heavy atom. The number of fused-ring (bicyclic) bond motifs is 1. The van der Waals surface area contributed by atoms with Gasteiger partial charge in [-0.2, -0.15) is 8.78 Å². The fraction of sp³-hybridized carbons (Fsp3) is 0.500. The van der Waals surface area contributed by atoms with E-state index in [0.717, 1.165) is 0 Å². The predicted octanol–water partition coefficient (Wildman–Crippen LogP) is 1.21. The Morgan fingerprint density at radius 3 is 2.62 bits per heavy atom. The lowest BCUT2D eigenvalue weighted by atomic mass is 10.2. The lowest BCUT2D eigenvalue weighted by Crippen LogP contribution is -2.19. The Morgan fingerprint density at radius 1 is 1.34 bits per heavy atom. The number of imidazole rings is 1. The van der Waals surface area contributed by atoms with E-state index < -0.39 is 52.6 Å². The van der Waals surface area contributed by atoms with Crippen molar-refractivity contribution in [3.05, 3.63) is 22.7 Å². The summed E-state index contributed by atoms with van der Waals surface area (Å²) in [6, 6.07) is 1.46. The van der Waals surface area contributed by atoms with Crippen molar-refractivity contribution in [2.24, 2.45) is 0 Å². The van der Waals surface area contributed by atoms with E-state index in [2.05, 4.69) is 18.8 Å². The number of aromatic nitrogens is 3. The number of nitrogens with one attached hydrogen (secondary N) is 1. The fourth-order valence-corrected chi connectivity index (χ4v) is 6.72. The lowest BCUT2D eigenvalue weighted by molar-refractivity contribution is -0.0165. The molecule has 3 rings (SSSR count). The van der Waals surface area contributed by atoms with Crippen LogP contribution in [-0.2, 0) is 27.3 Å². The largest absolute Gasteiger partial charge is 0.444 e. The van der Waals surface area contributed by atoms with Gasteiger partial charge in [0.15, 0.2) is 5.52 Å². The number of nitrogens with two attached hydrogens (primary N) is 1. The highest BCUT2D eigenvalue weighted by Crippen LogP contribution is 2.77. The number of alkyl halides is 2. The van der Waals surface area contributed by atoms with Gasteiger partial charge in [-0.05, 0) is 12.8 Å². The molecule has 0 aromatic carbocycles. The summed E-state index contributed by atoms with van der Waals surface area (Å²) < 4.78 is 76.7. The van der Waals surface area contributed by atoms with Crippen molar-refractivity contribution in [3.63, 3.8) is 0 Å². The SMILES string of the molecule is [B]P(=O)(OC[C@@H]1CC[C@H](n2cnc3c(=O)[nH]c(N)cc32)O1)OP(=O)(O)C(F)(F)P(=O)(O)O. The van der Waals surface area contributed by atoms with Crippen LogP contribution in [0, 0.1) is 0 Å². The number of hydrogen-bond donors (Lipinski definition) is 5. The summed E-state index contributed by atoms with van der Waals surface area (Å²) in [6.45, 7) is -0.638. The van der Waals surface area contributed by atoms with Crippen LogP contribution < -0.4 is 11.3 Å². The quantitative estimate of drug-likeness (QED) is 0.246. The monoisotopic (exact) mass is 518 g/mol. The highest BCUT2D eigenvalue weighted by molar-refractivity contribution is 7.86. The van der Waals surface area contributed by atoms with Crippen LogP contribution in [0.2, 0.25) is 0 Å². The van der Waals surface area contributed by atoms with Gasteiger partial charge in [0.1, 0.15) is 12.0 Å². The highest BCUT2D eigenvalue weighted by atomic mass is 31.3. The van der Waals surface area contributed by atoms with Gasteiger partial charge in [0.2, 0.25) is 7.57 Å². The molecule has 32 heavy (non-hydrogen) atoms. The number of anilines is 1. The van der Waals surface area contributed by atoms with Crippen molar-refractivity contribution in [1.29, 1.82) is 0 Å². The normalized spacial score (nSPS) is 23.8. The van der Waals surface area contributed by atoms with Crippen molar-refractivity contribution in [3.8, 4) is 0 Å². The molecule has 1 saturated heterocycles. The standard InChI is InChI=1S/C12H16BF2N4O10P3/c13-32(26,29-31(24,25)12(14,15)30(21,22)23)27-4-6-1-2-9(28-6)19-5-17-10-7(19)3-8(16)18-11(10)20/h3,5-6,9H,1-2,4H2,(H,24,25)(H3,16,18,20)(H2,21,22,23)/t6-,9+,32?/m0/s1. The van der Waals surface area contributed by atoms with Crippen molar-refractivity contribution in [2.75, 3.05) is 12.3 Å². The van der Waals surface area contributed by atoms with Crippen molar-refractivity contribution >= 4 is 47.1 Å². The molecule has 1 aliphatic heterocycles. The number of ether oxygens (including phenoxy) is 1. The minimum absolute atomic E-state index is 0.0869. The maximum atomic E-state index is 13.5. The summed E-state index contributed by atoms with van der Waals surface area (Å²) in [6.07, 6.45) is 0.430. The minimum Gasteiger partial charge on any atom is -0.385 e. The van der Waals surface area contributed by atoms with E-state index in [1.165, 1.54) is 17.0 Å². The molecule has 2 aromatic rings. The average molecular weight is 518 g/mol. The van der Waals surface area contributed by atoms with E-state index in [1.807, 2.05) is 0 Å². The molecule has 2 aromatic heterocycles. The number of nitrogens with zero attached hydrogens (tertiary/aromatic N) is 2. The van der Waals surface area contributed by atoms with Crippen molar-refractivity contribution in [2.45, 2.75) is 30.6 Å². The molecule has 2 unspecified atom stereocenters. The first kappa shape index (κ1) is 25.2. The number of rotatable bonds is 8. The molecule has 1 fully saturated rings. The smallest absolute Gasteiger partial charge is 0.385 e. The molecule has 0 spiro atoms. The molecular formula is C12H16BF2N4O10P3. The molecule has 4 atom stereocenters. The second-order valence-corrected chi connectivity index (χ2v) is 12.3. The van der Waals surface area contributed by atoms with Crippen molar-refractivity contribution < 1.29 is 50.7 Å². The Bertz CT molecular complexity index is 1230. The Labute approximate surface area is 178 Å². The van der Waals surface area contributed by atoms with Crippen LogP contribution in [0.5, 0.6) is 0 Å². The highest BCUT2D eigenvalue weighted by Gasteiger charge is 2.66. The molecule has 1 aliphatic rings. The third-order valence-corrected chi connectivity index (χ3v) is 9.57. The van der Waals surface area contributed by atoms with Crippen molar-refractivity contribution in [1.82, 2.24) is 14.5 Å². The minimum atomic E-state index is -6.50. The molecule has 176 valence electrons. The molecule has 0 aliphatic carbocycles. The number of aromatic amines is 1. The summed E-state index contributed by atoms with van der Waals surface area (Å²) in [5, 5.41) is -5.56. The Kier molecular flexibility index (Phi) is 6.64. The first-order chi connectivity index (χ1) is 14.5. The Balaban J connectivity index is 1.65. The number of H-pyrrole nitrogens is 1. The van der Waals surface area contributed by atoms with E-state index in [4.69, 9.17) is 27.8 Å². The van der Waals surface area contributed by atoms with Crippen LogP contribution in [0.1, 0.15) is 19.1 Å². The van der Waals surface area contributed by atoms with Crippen LogP contribution in [0.3, 0.4) is 0 Å². The number of halogens is 2. The Hall–Kier alpha value is -1.41. The fourth-order valence-electron chi connectivity index (χ4n) is 2.88. The molecule has 20 heteroatoms. The van der Waals surface area contributed by atoms with Gasteiger partial charge in [-0.15, -0.1) is 0 Å². The van der Waals surface area contributed by atoms with Gasteiger partial charge in [-0.3, -0.25) is 18.5 Å². The van der Waals surface area contributed by atoms with E-state index >= 15 is 0 Å². The summed E-state index contributed by atoms with van der Waals surface area (Å²) in [4.78, 5) is 44.5. The van der Waals surface area contributed by atoms with Gasteiger partial charge < -0.3 is 39.2 Å². The second kappa shape index (κ2) is 8.42. The zero-order valence-electron chi connectivity index (χ0n) is 15.8. The molecular weight excluding hydrogens is 502 g/mol. The lowest BCUT2D eigenvalue weighted by Gasteiger charge is -2.25. The number of hydrogen-bond acceptors (Lipinski definition) is 9. The zero-order chi connectivity index (χ0) is 24.1. The molecule has 0 bridgehead atoms. The summed E-state index contributed by atoms with van der Waals surface area (Å²) >= 11 is 0. The molecule has 3 heterocycles. The number of nitrogen functional groups attached to an aromatic ring is 1. The van der Waals surface area contributed by atoms with Crippen LogP contribution in [0.25, 0.3) is 11.0 Å². The summed E-state index contributed by atoms with van der Waals surface area (Å²) in [7, 11) is -13.1. The van der Waals surface area contributed by atoms with Gasteiger partial charge in [-0.1, -0.05) is 0 Å². The van der Waals surface area contributed by atoms with E-state index in [9.17, 15) is 32.2 Å². The van der Waals surface area contributed by atoms with Crippen LogP contribution in [0.4, 0.5) is 14.6 Å². The summed E-state index contributed by atoms with van der Waals surface area (Å²) in [5.41, 5.74) is 5.58. The van der Waals surface area contributed by atoms with E-state index in [0.29, 0.717) is 11.9 Å². The second-order valence-electron chi connectivity index (χ2n) is 6.72. The van der Waals surface area contributed by atoms with Gasteiger partial charge >= 0.3 is 20.6 Å². The van der Waals surface area contributed by atoms with Gasteiger partial charge in [0.25, 0.3) is 13.0 Å². The van der Waals surface area contributed by atoms with Gasteiger partial charge in [0.05, 0.1) is 24.6 Å². The van der Waals surface area contributed by atoms with E-state index in [1.54, 1.807) is 0 Å². The third kappa shape index (κ3) is 4.91. The number of pyridine rings is 1. The molecule has 0 saturated carbocycles. The van der Waals surface area contributed by atoms with E-state index in [-0.39, 0.29) is 17.8 Å². The predicted molar refractivity (Wildman–Crippen MR) is 105 cm³/mol. The third-order valence-electron chi connectivity index (χ3n) is 4.35. The first-order valence-corrected chi connectivity index (χ1v) is 13.4. The molecule has 6 N–H and O–H groups in total. The molecule has 14 nitrogen and oxygen atoms in total. The first-order valence-electron chi connectivity index (χ1n) is 8.56. The maximum Gasteiger partial charge on any atom is 0.444 e. The summed E-state index contributed by atoms with van der Waals surface area (Å²) in [5.74, 6) is 0.0869. The topological polar surface area (TPSA) is 216 Å². The zero-order valence-corrected chi connectivity index (χ0v) is 18.5. The van der Waals surface area contributed by atoms with Gasteiger partial charge in [-0.25, -0.2) is 9.29 Å². The van der Waals surface area contributed by atoms with Gasteiger partial charge in [0, 0.05) is 6.07 Å². The van der Waals surface area contributed by atoms with Crippen LogP contribution >= 0.6 is 22.7 Å². The van der Waals surface area contributed by atoms with Crippen LogP contribution in [-0.4, -0.2) is 54.9 Å². The maximum absolute atomic E-state index is 13.5. The van der Waals surface area contributed by atoms with Crippen LogP contribution in [0.15, 0.2) is 17.2 Å². The average Bonchev–Trinajstić information content (AvgIpc) is 3.24. The molecule has 0 amide bonds. The molecule has 2 radical (unpaired) electrons.